The van der Waals surface area contributed by atoms with E-state index in [0.717, 1.165) is 18.4 Å². The van der Waals surface area contributed by atoms with Gasteiger partial charge in [0, 0.05) is 18.8 Å². The Labute approximate surface area is 173 Å². The van der Waals surface area contributed by atoms with Gasteiger partial charge in [0.2, 0.25) is 5.91 Å². The van der Waals surface area contributed by atoms with E-state index in [-0.39, 0.29) is 29.0 Å². The minimum absolute atomic E-state index is 0.0116. The molecule has 0 saturated heterocycles. The largest absolute Gasteiger partial charge is 0.383 e. The van der Waals surface area contributed by atoms with Gasteiger partial charge in [0.1, 0.15) is 11.6 Å². The van der Waals surface area contributed by atoms with Crippen molar-refractivity contribution in [3.8, 4) is 0 Å². The van der Waals surface area contributed by atoms with Crippen LogP contribution in [-0.2, 0) is 17.1 Å². The second-order valence-electron chi connectivity index (χ2n) is 6.66. The zero-order chi connectivity index (χ0) is 21.4. The minimum atomic E-state index is -0.661. The average Bonchev–Trinajstić information content (AvgIpc) is 2.68. The number of hydrogen-bond donors (Lipinski definition) is 2. The lowest BCUT2D eigenvalue weighted by Gasteiger charge is -2.24. The van der Waals surface area contributed by atoms with Crippen LogP contribution in [0, 0.1) is 5.82 Å². The molecule has 1 heterocycles. The number of carbonyl (C=O) groups is 1. The highest BCUT2D eigenvalue weighted by Crippen LogP contribution is 2.20. The first-order valence-corrected chi connectivity index (χ1v) is 10.8. The van der Waals surface area contributed by atoms with Gasteiger partial charge in [0.15, 0.2) is 5.69 Å². The summed E-state index contributed by atoms with van der Waals surface area (Å²) in [6.45, 7) is 4.57. The molecule has 0 spiro atoms. The van der Waals surface area contributed by atoms with Crippen LogP contribution >= 0.6 is 11.8 Å². The molecule has 0 aliphatic carbocycles. The molecule has 7 nitrogen and oxygen atoms in total. The standard InChI is InChI=1S/C20H27FN4O3S/c1-3-5-11-25-18(22)17(19(27)23-20(25)28)24(10-4-2)16(26)13-29-12-14-6-8-15(21)9-7-14/h6-9H,3-5,10-13,22H2,1-2H3,(H,23,27,28). The van der Waals surface area contributed by atoms with Gasteiger partial charge < -0.3 is 10.6 Å². The number of aromatic nitrogens is 2. The Kier molecular flexibility index (Phi) is 8.50. The zero-order valence-electron chi connectivity index (χ0n) is 16.7. The summed E-state index contributed by atoms with van der Waals surface area (Å²) in [6.07, 6.45) is 2.21. The lowest BCUT2D eigenvalue weighted by atomic mass is 10.2. The Morgan fingerprint density at radius 1 is 1.21 bits per heavy atom. The van der Waals surface area contributed by atoms with Crippen LogP contribution in [0.1, 0.15) is 38.7 Å². The number of hydrogen-bond acceptors (Lipinski definition) is 5. The Morgan fingerprint density at radius 3 is 2.52 bits per heavy atom. The molecule has 0 saturated carbocycles. The normalized spacial score (nSPS) is 10.9. The zero-order valence-corrected chi connectivity index (χ0v) is 17.6. The van der Waals surface area contributed by atoms with E-state index in [4.69, 9.17) is 5.73 Å². The Balaban J connectivity index is 2.21. The number of nitrogens with zero attached hydrogens (tertiary/aromatic N) is 2. The molecule has 0 bridgehead atoms. The molecule has 29 heavy (non-hydrogen) atoms. The molecule has 0 radical (unpaired) electrons. The van der Waals surface area contributed by atoms with Crippen molar-refractivity contribution in [3.63, 3.8) is 0 Å². The predicted octanol–water partition coefficient (Wildman–Crippen LogP) is 2.73. The van der Waals surface area contributed by atoms with Gasteiger partial charge in [-0.05, 0) is 30.5 Å². The van der Waals surface area contributed by atoms with Crippen LogP contribution in [0.4, 0.5) is 15.9 Å². The third kappa shape index (κ3) is 5.96. The molecule has 158 valence electrons. The van der Waals surface area contributed by atoms with Crippen molar-refractivity contribution in [2.45, 2.75) is 45.4 Å². The lowest BCUT2D eigenvalue weighted by molar-refractivity contribution is -0.116. The topological polar surface area (TPSA) is 101 Å². The molecule has 0 aliphatic heterocycles. The van der Waals surface area contributed by atoms with Crippen LogP contribution < -0.4 is 21.9 Å². The van der Waals surface area contributed by atoms with E-state index in [1.54, 1.807) is 12.1 Å². The molecule has 1 amide bonds. The van der Waals surface area contributed by atoms with Gasteiger partial charge in [-0.25, -0.2) is 9.18 Å². The molecule has 2 aromatic rings. The predicted molar refractivity (Wildman–Crippen MR) is 116 cm³/mol. The number of thioether (sulfide) groups is 1. The second-order valence-corrected chi connectivity index (χ2v) is 7.65. The summed E-state index contributed by atoms with van der Waals surface area (Å²) >= 11 is 1.37. The lowest BCUT2D eigenvalue weighted by Crippen LogP contribution is -2.42. The van der Waals surface area contributed by atoms with E-state index < -0.39 is 11.2 Å². The van der Waals surface area contributed by atoms with Crippen molar-refractivity contribution in [1.29, 1.82) is 0 Å². The highest BCUT2D eigenvalue weighted by Gasteiger charge is 2.23. The van der Waals surface area contributed by atoms with Gasteiger partial charge in [0.25, 0.3) is 5.56 Å². The Morgan fingerprint density at radius 2 is 1.90 bits per heavy atom. The first-order chi connectivity index (χ1) is 13.9. The summed E-state index contributed by atoms with van der Waals surface area (Å²) in [7, 11) is 0. The van der Waals surface area contributed by atoms with Crippen LogP contribution in [0.5, 0.6) is 0 Å². The Bertz CT molecular complexity index is 940. The van der Waals surface area contributed by atoms with E-state index in [9.17, 15) is 18.8 Å². The number of nitrogens with two attached hydrogens (primary N) is 1. The third-order valence-electron chi connectivity index (χ3n) is 4.38. The number of H-pyrrole nitrogens is 1. The number of amides is 1. The van der Waals surface area contributed by atoms with E-state index in [1.807, 2.05) is 13.8 Å². The molecule has 1 aromatic heterocycles. The highest BCUT2D eigenvalue weighted by molar-refractivity contribution is 7.99. The van der Waals surface area contributed by atoms with Gasteiger partial charge in [-0.15, -0.1) is 11.8 Å². The average molecular weight is 423 g/mol. The number of aromatic amines is 1. The van der Waals surface area contributed by atoms with Crippen molar-refractivity contribution in [2.24, 2.45) is 0 Å². The number of unbranched alkanes of at least 4 members (excludes halogenated alkanes) is 1. The van der Waals surface area contributed by atoms with Crippen molar-refractivity contribution >= 4 is 29.2 Å². The summed E-state index contributed by atoms with van der Waals surface area (Å²) in [6, 6.07) is 6.09. The summed E-state index contributed by atoms with van der Waals surface area (Å²) in [5.74, 6) is 0.101. The van der Waals surface area contributed by atoms with E-state index in [0.29, 0.717) is 25.3 Å². The summed E-state index contributed by atoms with van der Waals surface area (Å²) < 4.78 is 14.3. The van der Waals surface area contributed by atoms with Crippen molar-refractivity contribution < 1.29 is 9.18 Å². The van der Waals surface area contributed by atoms with Gasteiger partial charge in [-0.2, -0.15) is 0 Å². The maximum Gasteiger partial charge on any atom is 0.330 e. The monoisotopic (exact) mass is 422 g/mol. The fraction of sp³-hybridized carbons (Fsp3) is 0.450. The summed E-state index contributed by atoms with van der Waals surface area (Å²) in [5, 5.41) is 0. The third-order valence-corrected chi connectivity index (χ3v) is 5.36. The molecular weight excluding hydrogens is 395 g/mol. The quantitative estimate of drug-likeness (QED) is 0.613. The van der Waals surface area contributed by atoms with Crippen LogP contribution in [0.3, 0.4) is 0 Å². The number of nitrogens with one attached hydrogen (secondary N) is 1. The molecule has 3 N–H and O–H groups in total. The van der Waals surface area contributed by atoms with Gasteiger partial charge in [-0.1, -0.05) is 32.4 Å². The smallest absolute Gasteiger partial charge is 0.330 e. The van der Waals surface area contributed by atoms with Crippen LogP contribution in [-0.4, -0.2) is 27.8 Å². The van der Waals surface area contributed by atoms with Crippen LogP contribution in [0.2, 0.25) is 0 Å². The van der Waals surface area contributed by atoms with E-state index in [1.165, 1.54) is 33.4 Å². The number of anilines is 2. The second kappa shape index (κ2) is 10.8. The van der Waals surface area contributed by atoms with Gasteiger partial charge >= 0.3 is 5.69 Å². The molecule has 9 heteroatoms. The van der Waals surface area contributed by atoms with Gasteiger partial charge in [-0.3, -0.25) is 19.1 Å². The first-order valence-electron chi connectivity index (χ1n) is 9.64. The summed E-state index contributed by atoms with van der Waals surface area (Å²) in [5.41, 5.74) is 5.83. The first kappa shape index (κ1) is 22.7. The molecule has 0 fully saturated rings. The highest BCUT2D eigenvalue weighted by atomic mass is 32.2. The maximum atomic E-state index is 13.0. The fourth-order valence-corrected chi connectivity index (χ4v) is 3.74. The van der Waals surface area contributed by atoms with E-state index >= 15 is 0 Å². The molecule has 1 aromatic carbocycles. The molecule has 0 unspecified atom stereocenters. The molecule has 0 aliphatic rings. The molecule has 2 rings (SSSR count). The van der Waals surface area contributed by atoms with Crippen LogP contribution in [0.15, 0.2) is 33.9 Å². The minimum Gasteiger partial charge on any atom is -0.383 e. The fourth-order valence-electron chi connectivity index (χ4n) is 2.88. The van der Waals surface area contributed by atoms with Crippen LogP contribution in [0.25, 0.3) is 0 Å². The van der Waals surface area contributed by atoms with E-state index in [2.05, 4.69) is 4.98 Å². The SMILES string of the molecule is CCCCn1c(N)c(N(CCC)C(=O)CSCc2ccc(F)cc2)c(=O)[nH]c1=O. The number of nitrogen functional groups attached to an aromatic ring is 1. The number of benzene rings is 1. The van der Waals surface area contributed by atoms with Crippen molar-refractivity contribution in [2.75, 3.05) is 22.9 Å². The van der Waals surface area contributed by atoms with Crippen molar-refractivity contribution in [1.82, 2.24) is 9.55 Å². The Hall–Kier alpha value is -2.55. The number of carbonyl (C=O) groups excluding carboxylic acids is 1. The maximum absolute atomic E-state index is 13.0. The molecule has 0 atom stereocenters. The molecular formula is C20H27FN4O3S. The summed E-state index contributed by atoms with van der Waals surface area (Å²) in [4.78, 5) is 41.0. The van der Waals surface area contributed by atoms with Crippen molar-refractivity contribution in [3.05, 3.63) is 56.5 Å². The number of rotatable bonds is 10. The number of halogens is 1. The van der Waals surface area contributed by atoms with Gasteiger partial charge in [0.05, 0.1) is 5.75 Å².